The van der Waals surface area contributed by atoms with Gasteiger partial charge in [-0.25, -0.2) is 9.97 Å². The third-order valence-electron chi connectivity index (χ3n) is 3.81. The normalized spacial score (nSPS) is 18.7. The number of hydrogen-bond acceptors (Lipinski definition) is 5. The van der Waals surface area contributed by atoms with Crippen LogP contribution in [0.2, 0.25) is 0 Å². The molecular formula is C15H17N5O2. The highest BCUT2D eigenvalue weighted by Crippen LogP contribution is 2.27. The van der Waals surface area contributed by atoms with Gasteiger partial charge in [-0.05, 0) is 30.9 Å². The summed E-state index contributed by atoms with van der Waals surface area (Å²) >= 11 is 0. The molecule has 2 aromatic heterocycles. The zero-order valence-electron chi connectivity index (χ0n) is 12.0. The summed E-state index contributed by atoms with van der Waals surface area (Å²) in [5.74, 6) is 0.791. The Kier molecular flexibility index (Phi) is 4.13. The van der Waals surface area contributed by atoms with Crippen LogP contribution in [0.1, 0.15) is 12.8 Å². The zero-order chi connectivity index (χ0) is 15.4. The lowest BCUT2D eigenvalue weighted by atomic mass is 9.97. The molecule has 1 fully saturated rings. The summed E-state index contributed by atoms with van der Waals surface area (Å²) in [7, 11) is 0. The van der Waals surface area contributed by atoms with Gasteiger partial charge in [0.15, 0.2) is 0 Å². The van der Waals surface area contributed by atoms with Gasteiger partial charge < -0.3 is 9.88 Å². The molecule has 0 spiro atoms. The quantitative estimate of drug-likeness (QED) is 0.649. The van der Waals surface area contributed by atoms with Crippen LogP contribution in [0.25, 0.3) is 11.0 Å². The second-order valence-corrected chi connectivity index (χ2v) is 5.27. The van der Waals surface area contributed by atoms with Crippen molar-refractivity contribution in [1.82, 2.24) is 20.3 Å². The van der Waals surface area contributed by atoms with Gasteiger partial charge in [-0.15, -0.1) is 0 Å². The van der Waals surface area contributed by atoms with Crippen LogP contribution < -0.4 is 10.2 Å². The number of amides is 2. The van der Waals surface area contributed by atoms with E-state index in [0.29, 0.717) is 6.41 Å². The van der Waals surface area contributed by atoms with E-state index in [-0.39, 0.29) is 11.8 Å². The number of nitrogens with zero attached hydrogens (tertiary/aromatic N) is 3. The van der Waals surface area contributed by atoms with Gasteiger partial charge in [0.2, 0.25) is 12.3 Å². The molecule has 2 amide bonds. The lowest BCUT2D eigenvalue weighted by Gasteiger charge is -2.32. The first-order valence-electron chi connectivity index (χ1n) is 7.23. The fraction of sp³-hybridized carbons (Fsp3) is 0.333. The molecule has 22 heavy (non-hydrogen) atoms. The average molecular weight is 299 g/mol. The number of aromatic nitrogens is 3. The number of aromatic amines is 1. The average Bonchev–Trinajstić information content (AvgIpc) is 3.02. The van der Waals surface area contributed by atoms with E-state index in [4.69, 9.17) is 0 Å². The summed E-state index contributed by atoms with van der Waals surface area (Å²) < 4.78 is 0. The number of carbonyl (C=O) groups excluding carboxylic acids is 2. The number of rotatable bonds is 4. The van der Waals surface area contributed by atoms with Crippen molar-refractivity contribution in [2.24, 2.45) is 5.92 Å². The van der Waals surface area contributed by atoms with Crippen LogP contribution in [0.15, 0.2) is 30.7 Å². The highest BCUT2D eigenvalue weighted by Gasteiger charge is 2.21. The molecule has 1 aliphatic rings. The number of fused-ring (bicyclic) bond motifs is 1. The van der Waals surface area contributed by atoms with Crippen LogP contribution in [0.5, 0.6) is 0 Å². The van der Waals surface area contributed by atoms with Crippen molar-refractivity contribution >= 4 is 29.2 Å². The summed E-state index contributed by atoms with van der Waals surface area (Å²) in [4.78, 5) is 35.4. The fourth-order valence-corrected chi connectivity index (χ4v) is 2.80. The summed E-state index contributed by atoms with van der Waals surface area (Å²) in [6.45, 7) is 1.73. The highest BCUT2D eigenvalue weighted by molar-refractivity contribution is 5.94. The van der Waals surface area contributed by atoms with E-state index in [9.17, 15) is 9.59 Å². The topological polar surface area (TPSA) is 91.0 Å². The van der Waals surface area contributed by atoms with Crippen molar-refractivity contribution in [3.8, 4) is 0 Å². The fourth-order valence-electron chi connectivity index (χ4n) is 2.80. The summed E-state index contributed by atoms with van der Waals surface area (Å²) in [6, 6.07) is 1.97. The minimum atomic E-state index is -0.387. The third kappa shape index (κ3) is 2.98. The minimum absolute atomic E-state index is 0.259. The van der Waals surface area contributed by atoms with Crippen molar-refractivity contribution in [2.75, 3.05) is 18.0 Å². The Hall–Kier alpha value is -2.70. The van der Waals surface area contributed by atoms with Gasteiger partial charge in [-0.2, -0.15) is 0 Å². The Morgan fingerprint density at radius 3 is 3.23 bits per heavy atom. The maximum Gasteiger partial charge on any atom is 0.250 e. The second-order valence-electron chi connectivity index (χ2n) is 5.27. The van der Waals surface area contributed by atoms with Crippen molar-refractivity contribution in [3.05, 3.63) is 30.7 Å². The van der Waals surface area contributed by atoms with Gasteiger partial charge in [-0.1, -0.05) is 6.08 Å². The van der Waals surface area contributed by atoms with Gasteiger partial charge in [0.1, 0.15) is 17.8 Å². The van der Waals surface area contributed by atoms with E-state index in [1.807, 2.05) is 18.3 Å². The largest absolute Gasteiger partial charge is 0.355 e. The molecule has 1 saturated heterocycles. The van der Waals surface area contributed by atoms with Crippen molar-refractivity contribution in [3.63, 3.8) is 0 Å². The Morgan fingerprint density at radius 2 is 2.36 bits per heavy atom. The molecule has 114 valence electrons. The molecule has 7 nitrogen and oxygen atoms in total. The van der Waals surface area contributed by atoms with E-state index in [1.54, 1.807) is 6.33 Å². The molecule has 1 aliphatic heterocycles. The van der Waals surface area contributed by atoms with Crippen LogP contribution in [0.4, 0.5) is 5.82 Å². The molecule has 0 aromatic carbocycles. The smallest absolute Gasteiger partial charge is 0.250 e. The zero-order valence-corrected chi connectivity index (χ0v) is 12.0. The molecule has 1 unspecified atom stereocenters. The van der Waals surface area contributed by atoms with E-state index < -0.39 is 0 Å². The first-order chi connectivity index (χ1) is 10.8. The summed E-state index contributed by atoms with van der Waals surface area (Å²) in [5.41, 5.74) is 0.827. The molecule has 3 heterocycles. The van der Waals surface area contributed by atoms with Crippen LogP contribution in [-0.4, -0.2) is 40.4 Å². The highest BCUT2D eigenvalue weighted by atomic mass is 16.2. The van der Waals surface area contributed by atoms with Crippen molar-refractivity contribution < 1.29 is 9.59 Å². The molecule has 0 bridgehead atoms. The molecule has 0 aliphatic carbocycles. The first-order valence-corrected chi connectivity index (χ1v) is 7.23. The molecular weight excluding hydrogens is 282 g/mol. The van der Waals surface area contributed by atoms with Gasteiger partial charge >= 0.3 is 0 Å². The maximum absolute atomic E-state index is 11.3. The van der Waals surface area contributed by atoms with Crippen LogP contribution >= 0.6 is 0 Å². The number of imide groups is 1. The van der Waals surface area contributed by atoms with Crippen LogP contribution in [0.3, 0.4) is 0 Å². The standard InChI is InChI=1S/C15H17N5O2/c21-10-19-13(22)4-3-11-2-1-7-20(8-11)15-12-5-6-16-14(12)17-9-18-15/h3-6,9-11H,1-2,7-8H2,(H,16,17,18)(H,19,21,22). The predicted molar refractivity (Wildman–Crippen MR) is 82.2 cm³/mol. The number of anilines is 1. The Morgan fingerprint density at radius 1 is 1.45 bits per heavy atom. The van der Waals surface area contributed by atoms with Crippen LogP contribution in [-0.2, 0) is 9.59 Å². The molecule has 0 radical (unpaired) electrons. The summed E-state index contributed by atoms with van der Waals surface area (Å²) in [6.07, 6.45) is 9.14. The Labute approximate surface area is 127 Å². The van der Waals surface area contributed by atoms with Crippen LogP contribution in [0, 0.1) is 5.92 Å². The number of carbonyl (C=O) groups is 2. The number of H-pyrrole nitrogens is 1. The number of piperidine rings is 1. The summed E-state index contributed by atoms with van der Waals surface area (Å²) in [5, 5.41) is 3.11. The number of hydrogen-bond donors (Lipinski definition) is 2. The molecule has 2 N–H and O–H groups in total. The SMILES string of the molecule is O=CNC(=O)C=CC1CCCN(c2ncnc3[nH]ccc23)C1. The molecule has 2 aromatic rings. The van der Waals surface area contributed by atoms with Gasteiger partial charge in [-0.3, -0.25) is 14.9 Å². The van der Waals surface area contributed by atoms with Gasteiger partial charge in [0, 0.05) is 19.3 Å². The lowest BCUT2D eigenvalue weighted by Crippen LogP contribution is -2.35. The second kappa shape index (κ2) is 6.38. The van der Waals surface area contributed by atoms with Gasteiger partial charge in [0.25, 0.3) is 0 Å². The van der Waals surface area contributed by atoms with E-state index in [1.165, 1.54) is 6.08 Å². The van der Waals surface area contributed by atoms with Crippen molar-refractivity contribution in [1.29, 1.82) is 0 Å². The predicted octanol–water partition coefficient (Wildman–Crippen LogP) is 1.00. The van der Waals surface area contributed by atoms with Crippen molar-refractivity contribution in [2.45, 2.75) is 12.8 Å². The monoisotopic (exact) mass is 299 g/mol. The molecule has 7 heteroatoms. The Balaban J connectivity index is 1.74. The van der Waals surface area contributed by atoms with E-state index >= 15 is 0 Å². The van der Waals surface area contributed by atoms with E-state index in [0.717, 1.165) is 42.8 Å². The van der Waals surface area contributed by atoms with Gasteiger partial charge in [0.05, 0.1) is 5.39 Å². The Bertz CT molecular complexity index is 709. The third-order valence-corrected chi connectivity index (χ3v) is 3.81. The molecule has 1 atom stereocenters. The number of nitrogens with one attached hydrogen (secondary N) is 2. The minimum Gasteiger partial charge on any atom is -0.355 e. The maximum atomic E-state index is 11.3. The first kappa shape index (κ1) is 14.2. The van der Waals surface area contributed by atoms with E-state index in [2.05, 4.69) is 25.2 Å². The molecule has 3 rings (SSSR count). The molecule has 0 saturated carbocycles. The lowest BCUT2D eigenvalue weighted by molar-refractivity contribution is -0.121.